The number of hydrogen-bond acceptors (Lipinski definition) is 2. The van der Waals surface area contributed by atoms with Crippen LogP contribution in [-0.4, -0.2) is 28.6 Å². The Morgan fingerprint density at radius 1 is 1.22 bits per heavy atom. The van der Waals surface area contributed by atoms with Crippen LogP contribution in [0.4, 0.5) is 0 Å². The maximum atomic E-state index is 4.50. The number of nitrogens with one attached hydrogen (secondary N) is 2. The Morgan fingerprint density at radius 2 is 1.93 bits per heavy atom. The van der Waals surface area contributed by atoms with Gasteiger partial charge in [-0.1, -0.05) is 44.2 Å². The fraction of sp³-hybridized carbons (Fsp3) is 0.524. The van der Waals surface area contributed by atoms with Crippen LogP contribution < -0.4 is 10.6 Å². The summed E-state index contributed by atoms with van der Waals surface area (Å²) in [6, 6.07) is 11.0. The molecule has 1 aromatic carbocycles. The largest absolute Gasteiger partial charge is 0.354 e. The average molecular weight is 481 g/mol. The van der Waals surface area contributed by atoms with E-state index in [-0.39, 0.29) is 24.0 Å². The molecule has 0 atom stereocenters. The van der Waals surface area contributed by atoms with Crippen LogP contribution in [-0.2, 0) is 13.1 Å². The Labute approximate surface area is 180 Å². The molecule has 0 unspecified atom stereocenters. The van der Waals surface area contributed by atoms with E-state index in [2.05, 4.69) is 63.3 Å². The van der Waals surface area contributed by atoms with Gasteiger partial charge in [0.15, 0.2) is 5.96 Å². The maximum Gasteiger partial charge on any atom is 0.191 e. The van der Waals surface area contributed by atoms with Gasteiger partial charge in [0.25, 0.3) is 0 Å². The second-order valence-electron chi connectivity index (χ2n) is 7.97. The highest BCUT2D eigenvalue weighted by atomic mass is 127. The van der Waals surface area contributed by atoms with Crippen molar-refractivity contribution in [3.8, 4) is 0 Å². The first kappa shape index (κ1) is 21.7. The number of imidazole rings is 1. The molecule has 5 nitrogen and oxygen atoms in total. The molecule has 0 bridgehead atoms. The van der Waals surface area contributed by atoms with Crippen LogP contribution in [0.5, 0.6) is 0 Å². The first-order valence-electron chi connectivity index (χ1n) is 9.57. The Balaban J connectivity index is 0.00000261. The molecule has 0 aliphatic heterocycles. The van der Waals surface area contributed by atoms with E-state index in [1.165, 1.54) is 31.2 Å². The van der Waals surface area contributed by atoms with Crippen molar-refractivity contribution < 1.29 is 0 Å². The quantitative estimate of drug-likeness (QED) is 0.383. The molecule has 2 N–H and O–H groups in total. The number of hydrogen-bond donors (Lipinski definition) is 2. The summed E-state index contributed by atoms with van der Waals surface area (Å²) in [5.74, 6) is 1.88. The lowest BCUT2D eigenvalue weighted by atomic mass is 9.75. The fourth-order valence-corrected chi connectivity index (χ4v) is 3.53. The van der Waals surface area contributed by atoms with Crippen LogP contribution in [0.3, 0.4) is 0 Å². The number of aromatic nitrogens is 2. The predicted octanol–water partition coefficient (Wildman–Crippen LogP) is 4.18. The SMILES string of the molecule is CN=C(NCc1nccn1Cc1ccccc1)NC1CCC(C)(C)CC1.I. The number of nitrogens with zero attached hydrogens (tertiary/aromatic N) is 3. The van der Waals surface area contributed by atoms with Gasteiger partial charge in [0.2, 0.25) is 0 Å². The number of halogens is 1. The van der Waals surface area contributed by atoms with Gasteiger partial charge in [0.05, 0.1) is 6.54 Å². The molecular weight excluding hydrogens is 449 g/mol. The van der Waals surface area contributed by atoms with E-state index in [9.17, 15) is 0 Å². The summed E-state index contributed by atoms with van der Waals surface area (Å²) in [7, 11) is 1.83. The van der Waals surface area contributed by atoms with Gasteiger partial charge in [-0.15, -0.1) is 24.0 Å². The molecular formula is C21H32IN5. The monoisotopic (exact) mass is 481 g/mol. The van der Waals surface area contributed by atoms with Gasteiger partial charge in [-0.2, -0.15) is 0 Å². The van der Waals surface area contributed by atoms with E-state index >= 15 is 0 Å². The van der Waals surface area contributed by atoms with Crippen LogP contribution in [0.2, 0.25) is 0 Å². The minimum atomic E-state index is 0. The molecule has 0 radical (unpaired) electrons. The molecule has 27 heavy (non-hydrogen) atoms. The van der Waals surface area contributed by atoms with Crippen molar-refractivity contribution in [2.75, 3.05) is 7.05 Å². The van der Waals surface area contributed by atoms with Gasteiger partial charge in [-0.05, 0) is 36.7 Å². The number of rotatable bonds is 5. The van der Waals surface area contributed by atoms with E-state index in [0.717, 1.165) is 18.3 Å². The Bertz CT molecular complexity index is 713. The highest BCUT2D eigenvalue weighted by Crippen LogP contribution is 2.34. The first-order chi connectivity index (χ1) is 12.6. The lowest BCUT2D eigenvalue weighted by Crippen LogP contribution is -2.45. The Morgan fingerprint density at radius 3 is 2.59 bits per heavy atom. The van der Waals surface area contributed by atoms with Gasteiger partial charge in [-0.25, -0.2) is 4.98 Å². The minimum absolute atomic E-state index is 0. The number of guanidine groups is 1. The van der Waals surface area contributed by atoms with Gasteiger partial charge in [-0.3, -0.25) is 4.99 Å². The molecule has 1 heterocycles. The summed E-state index contributed by atoms with van der Waals surface area (Å²) in [5, 5.41) is 7.00. The third-order valence-electron chi connectivity index (χ3n) is 5.31. The van der Waals surface area contributed by atoms with E-state index in [1.807, 2.05) is 25.5 Å². The molecule has 0 amide bonds. The van der Waals surface area contributed by atoms with Crippen LogP contribution in [0.1, 0.15) is 50.9 Å². The highest BCUT2D eigenvalue weighted by molar-refractivity contribution is 14.0. The molecule has 0 spiro atoms. The molecule has 148 valence electrons. The third-order valence-corrected chi connectivity index (χ3v) is 5.31. The topological polar surface area (TPSA) is 54.2 Å². The van der Waals surface area contributed by atoms with Crippen LogP contribution in [0, 0.1) is 5.41 Å². The zero-order valence-corrected chi connectivity index (χ0v) is 18.9. The molecule has 1 aliphatic carbocycles. The van der Waals surface area contributed by atoms with Gasteiger partial charge < -0.3 is 15.2 Å². The molecule has 1 aliphatic rings. The summed E-state index contributed by atoms with van der Waals surface area (Å²) >= 11 is 0. The van der Waals surface area contributed by atoms with Gasteiger partial charge in [0, 0.05) is 32.0 Å². The van der Waals surface area contributed by atoms with E-state index < -0.39 is 0 Å². The van der Waals surface area contributed by atoms with Crippen molar-refractivity contribution >= 4 is 29.9 Å². The maximum absolute atomic E-state index is 4.50. The van der Waals surface area contributed by atoms with Crippen molar-refractivity contribution in [2.45, 2.75) is 58.7 Å². The lowest BCUT2D eigenvalue weighted by molar-refractivity contribution is 0.216. The average Bonchev–Trinajstić information content (AvgIpc) is 3.08. The van der Waals surface area contributed by atoms with Gasteiger partial charge in [0.1, 0.15) is 5.82 Å². The van der Waals surface area contributed by atoms with E-state index in [4.69, 9.17) is 0 Å². The summed E-state index contributed by atoms with van der Waals surface area (Å²) in [4.78, 5) is 8.89. The molecule has 2 aromatic rings. The van der Waals surface area contributed by atoms with Crippen LogP contribution in [0.25, 0.3) is 0 Å². The predicted molar refractivity (Wildman–Crippen MR) is 123 cm³/mol. The zero-order valence-electron chi connectivity index (χ0n) is 16.6. The Hall–Kier alpha value is -1.57. The van der Waals surface area contributed by atoms with Crippen LogP contribution in [0.15, 0.2) is 47.7 Å². The second-order valence-corrected chi connectivity index (χ2v) is 7.97. The molecule has 1 aromatic heterocycles. The van der Waals surface area contributed by atoms with Crippen molar-refractivity contribution in [1.82, 2.24) is 20.2 Å². The van der Waals surface area contributed by atoms with E-state index in [0.29, 0.717) is 18.0 Å². The molecule has 1 saturated carbocycles. The fourth-order valence-electron chi connectivity index (χ4n) is 3.53. The second kappa shape index (κ2) is 10.1. The first-order valence-corrected chi connectivity index (χ1v) is 9.57. The number of benzene rings is 1. The zero-order chi connectivity index (χ0) is 18.4. The molecule has 3 rings (SSSR count). The normalized spacial score (nSPS) is 17.2. The van der Waals surface area contributed by atoms with Crippen molar-refractivity contribution in [1.29, 1.82) is 0 Å². The van der Waals surface area contributed by atoms with E-state index in [1.54, 1.807) is 0 Å². The molecule has 6 heteroatoms. The third kappa shape index (κ3) is 6.52. The number of aliphatic imine (C=N–C) groups is 1. The summed E-state index contributed by atoms with van der Waals surface area (Å²) < 4.78 is 2.18. The summed E-state index contributed by atoms with van der Waals surface area (Å²) in [5.41, 5.74) is 1.76. The van der Waals surface area contributed by atoms with Crippen molar-refractivity contribution in [2.24, 2.45) is 10.4 Å². The minimum Gasteiger partial charge on any atom is -0.354 e. The van der Waals surface area contributed by atoms with Crippen molar-refractivity contribution in [3.63, 3.8) is 0 Å². The Kier molecular flexibility index (Phi) is 8.13. The van der Waals surface area contributed by atoms with Gasteiger partial charge >= 0.3 is 0 Å². The molecule has 0 saturated heterocycles. The smallest absolute Gasteiger partial charge is 0.191 e. The lowest BCUT2D eigenvalue weighted by Gasteiger charge is -2.35. The highest BCUT2D eigenvalue weighted by Gasteiger charge is 2.27. The van der Waals surface area contributed by atoms with Crippen LogP contribution >= 0.6 is 24.0 Å². The molecule has 1 fully saturated rings. The van der Waals surface area contributed by atoms with Crippen molar-refractivity contribution in [3.05, 3.63) is 54.1 Å². The standard InChI is InChI=1S/C21H31N5.HI/c1-21(2)11-9-18(10-12-21)25-20(22-3)24-15-19-23-13-14-26(19)16-17-7-5-4-6-8-17;/h4-8,13-14,18H,9-12,15-16H2,1-3H3,(H2,22,24,25);1H. The summed E-state index contributed by atoms with van der Waals surface area (Å²) in [6.45, 7) is 6.23. The summed E-state index contributed by atoms with van der Waals surface area (Å²) in [6.07, 6.45) is 8.84.